The Bertz CT molecular complexity index is 422. The van der Waals surface area contributed by atoms with Gasteiger partial charge in [-0.3, -0.25) is 9.78 Å². The van der Waals surface area contributed by atoms with Crippen molar-refractivity contribution in [2.24, 2.45) is 11.7 Å². The van der Waals surface area contributed by atoms with Gasteiger partial charge in [-0.25, -0.2) is 4.39 Å². The molecule has 2 heterocycles. The van der Waals surface area contributed by atoms with Crippen molar-refractivity contribution in [2.45, 2.75) is 19.3 Å². The molecule has 18 heavy (non-hydrogen) atoms. The van der Waals surface area contributed by atoms with Crippen LogP contribution in [0.3, 0.4) is 0 Å². The molecule has 1 amide bonds. The summed E-state index contributed by atoms with van der Waals surface area (Å²) in [5.74, 6) is -0.144. The lowest BCUT2D eigenvalue weighted by atomic mass is 9.94. The zero-order chi connectivity index (χ0) is 13.0. The number of pyridine rings is 1. The second-order valence-corrected chi connectivity index (χ2v) is 4.73. The Morgan fingerprint density at radius 1 is 1.56 bits per heavy atom. The third-order valence-corrected chi connectivity index (χ3v) is 3.33. The van der Waals surface area contributed by atoms with Crippen molar-refractivity contribution in [1.82, 2.24) is 9.88 Å². The molecule has 0 bridgehead atoms. The fourth-order valence-electron chi connectivity index (χ4n) is 2.43. The van der Waals surface area contributed by atoms with Gasteiger partial charge in [0.05, 0.1) is 11.8 Å². The number of amides is 1. The maximum absolute atomic E-state index is 13.0. The third-order valence-electron chi connectivity index (χ3n) is 3.33. The molecular formula is C13H18FN3O. The topological polar surface area (TPSA) is 59.2 Å². The largest absolute Gasteiger partial charge is 0.338 e. The van der Waals surface area contributed by atoms with Gasteiger partial charge in [-0.15, -0.1) is 0 Å². The predicted molar refractivity (Wildman–Crippen MR) is 66.5 cm³/mol. The van der Waals surface area contributed by atoms with Crippen LogP contribution in [0.2, 0.25) is 0 Å². The highest BCUT2D eigenvalue weighted by Crippen LogP contribution is 2.20. The number of piperidine rings is 1. The van der Waals surface area contributed by atoms with Gasteiger partial charge in [0.2, 0.25) is 0 Å². The summed E-state index contributed by atoms with van der Waals surface area (Å²) in [6.07, 6.45) is 5.55. The minimum atomic E-state index is -0.476. The van der Waals surface area contributed by atoms with Gasteiger partial charge in [0, 0.05) is 19.3 Å². The van der Waals surface area contributed by atoms with Crippen LogP contribution in [0, 0.1) is 11.7 Å². The van der Waals surface area contributed by atoms with Crippen molar-refractivity contribution in [1.29, 1.82) is 0 Å². The van der Waals surface area contributed by atoms with Crippen LogP contribution < -0.4 is 5.73 Å². The molecule has 1 saturated heterocycles. The quantitative estimate of drug-likeness (QED) is 0.884. The molecule has 5 heteroatoms. The van der Waals surface area contributed by atoms with Crippen molar-refractivity contribution in [3.63, 3.8) is 0 Å². The van der Waals surface area contributed by atoms with Gasteiger partial charge >= 0.3 is 0 Å². The number of likely N-dealkylation sites (tertiary alicyclic amines) is 1. The molecule has 1 atom stereocenters. The number of aromatic nitrogens is 1. The summed E-state index contributed by atoms with van der Waals surface area (Å²) in [4.78, 5) is 17.7. The van der Waals surface area contributed by atoms with Crippen LogP contribution in [0.1, 0.15) is 29.6 Å². The van der Waals surface area contributed by atoms with E-state index in [2.05, 4.69) is 4.98 Å². The zero-order valence-electron chi connectivity index (χ0n) is 10.3. The number of hydrogen-bond acceptors (Lipinski definition) is 3. The number of nitrogens with two attached hydrogens (primary N) is 1. The molecule has 2 N–H and O–H groups in total. The lowest BCUT2D eigenvalue weighted by Gasteiger charge is -2.32. The average Bonchev–Trinajstić information content (AvgIpc) is 2.39. The smallest absolute Gasteiger partial charge is 0.255 e. The molecule has 0 aromatic carbocycles. The third kappa shape index (κ3) is 3.04. The van der Waals surface area contributed by atoms with E-state index in [0.29, 0.717) is 24.6 Å². The first kappa shape index (κ1) is 13.0. The number of carbonyl (C=O) groups is 1. The Kier molecular flexibility index (Phi) is 4.25. The lowest BCUT2D eigenvalue weighted by molar-refractivity contribution is 0.0668. The van der Waals surface area contributed by atoms with Gasteiger partial charge in [0.1, 0.15) is 5.82 Å². The Morgan fingerprint density at radius 3 is 3.11 bits per heavy atom. The van der Waals surface area contributed by atoms with Gasteiger partial charge in [0.15, 0.2) is 0 Å². The molecule has 2 rings (SSSR count). The molecule has 1 fully saturated rings. The highest BCUT2D eigenvalue weighted by molar-refractivity contribution is 5.93. The molecule has 4 nitrogen and oxygen atoms in total. The lowest BCUT2D eigenvalue weighted by Crippen LogP contribution is -2.40. The number of carbonyl (C=O) groups excluding carboxylic acids is 1. The van der Waals surface area contributed by atoms with Gasteiger partial charge in [-0.1, -0.05) is 0 Å². The predicted octanol–water partition coefficient (Wildman–Crippen LogP) is 1.42. The number of rotatable bonds is 3. The van der Waals surface area contributed by atoms with Crippen molar-refractivity contribution < 1.29 is 9.18 Å². The summed E-state index contributed by atoms with van der Waals surface area (Å²) >= 11 is 0. The van der Waals surface area contributed by atoms with E-state index in [0.717, 1.165) is 32.0 Å². The fraction of sp³-hybridized carbons (Fsp3) is 0.538. The SMILES string of the molecule is NCCC1CCCN(C(=O)c2cncc(F)c2)C1. The summed E-state index contributed by atoms with van der Waals surface area (Å²) in [7, 11) is 0. The van der Waals surface area contributed by atoms with E-state index in [4.69, 9.17) is 5.73 Å². The van der Waals surface area contributed by atoms with Crippen LogP contribution in [0.25, 0.3) is 0 Å². The van der Waals surface area contributed by atoms with Crippen molar-refractivity contribution in [3.8, 4) is 0 Å². The highest BCUT2D eigenvalue weighted by Gasteiger charge is 2.24. The normalized spacial score (nSPS) is 19.9. The molecular weight excluding hydrogens is 233 g/mol. The van der Waals surface area contributed by atoms with E-state index in [1.165, 1.54) is 12.3 Å². The van der Waals surface area contributed by atoms with Crippen LogP contribution in [0.4, 0.5) is 4.39 Å². The van der Waals surface area contributed by atoms with E-state index in [-0.39, 0.29) is 5.91 Å². The minimum absolute atomic E-state index is 0.135. The van der Waals surface area contributed by atoms with Gasteiger partial charge < -0.3 is 10.6 Å². The Hall–Kier alpha value is -1.49. The van der Waals surface area contributed by atoms with Gasteiger partial charge in [-0.2, -0.15) is 0 Å². The molecule has 0 saturated carbocycles. The maximum atomic E-state index is 13.0. The summed E-state index contributed by atoms with van der Waals surface area (Å²) in [6.45, 7) is 2.09. The molecule has 1 unspecified atom stereocenters. The van der Waals surface area contributed by atoms with Crippen molar-refractivity contribution in [3.05, 3.63) is 29.8 Å². The summed E-state index contributed by atoms with van der Waals surface area (Å²) in [6, 6.07) is 1.24. The highest BCUT2D eigenvalue weighted by atomic mass is 19.1. The average molecular weight is 251 g/mol. The van der Waals surface area contributed by atoms with E-state index in [1.807, 2.05) is 0 Å². The molecule has 0 spiro atoms. The molecule has 1 aromatic rings. The first-order chi connectivity index (χ1) is 8.70. The van der Waals surface area contributed by atoms with E-state index in [9.17, 15) is 9.18 Å². The maximum Gasteiger partial charge on any atom is 0.255 e. The number of nitrogens with zero attached hydrogens (tertiary/aromatic N) is 2. The van der Waals surface area contributed by atoms with Gasteiger partial charge in [-0.05, 0) is 37.8 Å². The molecule has 1 aliphatic heterocycles. The van der Waals surface area contributed by atoms with Crippen LogP contribution >= 0.6 is 0 Å². The Morgan fingerprint density at radius 2 is 2.39 bits per heavy atom. The van der Waals surface area contributed by atoms with E-state index in [1.54, 1.807) is 4.90 Å². The van der Waals surface area contributed by atoms with Crippen molar-refractivity contribution >= 4 is 5.91 Å². The minimum Gasteiger partial charge on any atom is -0.338 e. The van der Waals surface area contributed by atoms with Crippen LogP contribution in [0.5, 0.6) is 0 Å². The van der Waals surface area contributed by atoms with Crippen LogP contribution in [-0.2, 0) is 0 Å². The monoisotopic (exact) mass is 251 g/mol. The van der Waals surface area contributed by atoms with Crippen LogP contribution in [0.15, 0.2) is 18.5 Å². The Balaban J connectivity index is 2.04. The summed E-state index contributed by atoms with van der Waals surface area (Å²) < 4.78 is 13.0. The zero-order valence-corrected chi connectivity index (χ0v) is 10.3. The first-order valence-electron chi connectivity index (χ1n) is 6.30. The number of halogens is 1. The molecule has 0 aliphatic carbocycles. The standard InChI is InChI=1S/C13H18FN3O/c14-12-6-11(7-16-8-12)13(18)17-5-1-2-10(9-17)3-4-15/h6-8,10H,1-5,9,15H2. The van der Waals surface area contributed by atoms with Gasteiger partial charge in [0.25, 0.3) is 5.91 Å². The van der Waals surface area contributed by atoms with E-state index < -0.39 is 5.82 Å². The van der Waals surface area contributed by atoms with Crippen LogP contribution in [-0.4, -0.2) is 35.4 Å². The molecule has 1 aliphatic rings. The number of hydrogen-bond donors (Lipinski definition) is 1. The Labute approximate surface area is 106 Å². The second kappa shape index (κ2) is 5.91. The first-order valence-corrected chi connectivity index (χ1v) is 6.30. The molecule has 98 valence electrons. The second-order valence-electron chi connectivity index (χ2n) is 4.73. The molecule has 1 aromatic heterocycles. The van der Waals surface area contributed by atoms with E-state index >= 15 is 0 Å². The summed E-state index contributed by atoms with van der Waals surface area (Å²) in [5, 5.41) is 0. The van der Waals surface area contributed by atoms with Crippen molar-refractivity contribution in [2.75, 3.05) is 19.6 Å². The summed E-state index contributed by atoms with van der Waals surface area (Å²) in [5.41, 5.74) is 5.87. The fourth-order valence-corrected chi connectivity index (χ4v) is 2.43. The molecule has 0 radical (unpaired) electrons.